The van der Waals surface area contributed by atoms with Crippen molar-refractivity contribution in [1.82, 2.24) is 10.2 Å². The van der Waals surface area contributed by atoms with Crippen LogP contribution in [0.4, 0.5) is 0 Å². The molecule has 2 aromatic carbocycles. The van der Waals surface area contributed by atoms with Gasteiger partial charge in [0.2, 0.25) is 0 Å². The maximum absolute atomic E-state index is 12.4. The number of halogens is 1. The Bertz CT molecular complexity index is 706. The summed E-state index contributed by atoms with van der Waals surface area (Å²) in [6.45, 7) is 5.57. The van der Waals surface area contributed by atoms with Crippen molar-refractivity contribution in [3.8, 4) is 0 Å². The van der Waals surface area contributed by atoms with E-state index in [1.54, 1.807) is 0 Å². The van der Waals surface area contributed by atoms with E-state index in [4.69, 9.17) is 0 Å². The number of rotatable bonds is 7. The lowest BCUT2D eigenvalue weighted by Gasteiger charge is -2.35. The van der Waals surface area contributed by atoms with Crippen LogP contribution in [0.1, 0.15) is 46.8 Å². The molecule has 4 heteroatoms. The number of aryl methyl sites for hydroxylation is 1. The maximum atomic E-state index is 12.4. The molecule has 0 amide bonds. The summed E-state index contributed by atoms with van der Waals surface area (Å²) >= 11 is 3.41. The van der Waals surface area contributed by atoms with E-state index < -0.39 is 0 Å². The van der Waals surface area contributed by atoms with E-state index in [9.17, 15) is 4.79 Å². The lowest BCUT2D eigenvalue weighted by atomic mass is 10.0. The van der Waals surface area contributed by atoms with Gasteiger partial charge in [-0.25, -0.2) is 0 Å². The van der Waals surface area contributed by atoms with Gasteiger partial charge in [0.15, 0.2) is 5.78 Å². The molecule has 2 aromatic rings. The molecular weight excluding hydrogens is 388 g/mol. The fourth-order valence-electron chi connectivity index (χ4n) is 3.54. The minimum atomic E-state index is 0.138. The SMILES string of the molecule is Cc1ccc(C(CNCC(=O)c2ccc(Br)cc2)N2CCCCC2)cc1. The number of piperidine rings is 1. The van der Waals surface area contributed by atoms with Crippen LogP contribution >= 0.6 is 15.9 Å². The lowest BCUT2D eigenvalue weighted by molar-refractivity contribution is 0.0983. The number of ketones is 1. The summed E-state index contributed by atoms with van der Waals surface area (Å²) < 4.78 is 0.992. The Kier molecular flexibility index (Phi) is 7.00. The average Bonchev–Trinajstić information content (AvgIpc) is 2.67. The zero-order valence-electron chi connectivity index (χ0n) is 15.4. The first-order chi connectivity index (χ1) is 12.6. The molecule has 1 aliphatic heterocycles. The molecule has 1 fully saturated rings. The first-order valence-electron chi connectivity index (χ1n) is 9.43. The third-order valence-corrected chi connectivity index (χ3v) is 5.61. The normalized spacial score (nSPS) is 16.4. The van der Waals surface area contributed by atoms with E-state index in [1.807, 2.05) is 24.3 Å². The topological polar surface area (TPSA) is 32.3 Å². The van der Waals surface area contributed by atoms with Crippen molar-refractivity contribution in [3.63, 3.8) is 0 Å². The maximum Gasteiger partial charge on any atom is 0.176 e. The standard InChI is InChI=1S/C22H27BrN2O/c1-17-5-7-18(8-6-17)21(25-13-3-2-4-14-25)15-24-16-22(26)19-9-11-20(23)12-10-19/h5-12,21,24H,2-4,13-16H2,1H3. The summed E-state index contributed by atoms with van der Waals surface area (Å²) in [5.74, 6) is 0.138. The van der Waals surface area contributed by atoms with Gasteiger partial charge in [0, 0.05) is 22.6 Å². The number of carbonyl (C=O) groups excluding carboxylic acids is 1. The molecular formula is C22H27BrN2O. The largest absolute Gasteiger partial charge is 0.308 e. The lowest BCUT2D eigenvalue weighted by Crippen LogP contribution is -2.40. The highest BCUT2D eigenvalue weighted by Crippen LogP contribution is 2.24. The Morgan fingerprint density at radius 3 is 2.35 bits per heavy atom. The Balaban J connectivity index is 1.62. The Hall–Kier alpha value is -1.49. The molecule has 3 rings (SSSR count). The van der Waals surface area contributed by atoms with E-state index >= 15 is 0 Å². The fourth-order valence-corrected chi connectivity index (χ4v) is 3.80. The minimum Gasteiger partial charge on any atom is -0.308 e. The van der Waals surface area contributed by atoms with Crippen molar-refractivity contribution in [1.29, 1.82) is 0 Å². The van der Waals surface area contributed by atoms with Gasteiger partial charge in [0.25, 0.3) is 0 Å². The zero-order valence-corrected chi connectivity index (χ0v) is 17.0. The molecule has 1 saturated heterocycles. The molecule has 0 saturated carbocycles. The first kappa shape index (κ1) is 19.3. The molecule has 0 bridgehead atoms. The summed E-state index contributed by atoms with van der Waals surface area (Å²) in [5, 5.41) is 3.41. The highest BCUT2D eigenvalue weighted by Gasteiger charge is 2.22. The summed E-state index contributed by atoms with van der Waals surface area (Å²) in [6, 6.07) is 16.7. The van der Waals surface area contributed by atoms with E-state index in [2.05, 4.69) is 57.3 Å². The van der Waals surface area contributed by atoms with E-state index in [0.29, 0.717) is 12.6 Å². The van der Waals surface area contributed by atoms with Gasteiger partial charge < -0.3 is 5.32 Å². The molecule has 138 valence electrons. The van der Waals surface area contributed by atoms with Crippen molar-refractivity contribution in [2.75, 3.05) is 26.2 Å². The number of likely N-dealkylation sites (tertiary alicyclic amines) is 1. The van der Waals surface area contributed by atoms with Crippen LogP contribution in [0.2, 0.25) is 0 Å². The van der Waals surface area contributed by atoms with Crippen LogP contribution in [-0.4, -0.2) is 36.9 Å². The zero-order chi connectivity index (χ0) is 18.4. The molecule has 1 atom stereocenters. The smallest absolute Gasteiger partial charge is 0.176 e. The van der Waals surface area contributed by atoms with Crippen molar-refractivity contribution in [3.05, 3.63) is 69.7 Å². The number of nitrogens with zero attached hydrogens (tertiary/aromatic N) is 1. The van der Waals surface area contributed by atoms with Gasteiger partial charge in [-0.3, -0.25) is 9.69 Å². The van der Waals surface area contributed by atoms with Crippen LogP contribution in [0.3, 0.4) is 0 Å². The van der Waals surface area contributed by atoms with Crippen LogP contribution in [0.5, 0.6) is 0 Å². The molecule has 1 aliphatic rings. The summed E-state index contributed by atoms with van der Waals surface area (Å²) in [4.78, 5) is 15.0. The van der Waals surface area contributed by atoms with Gasteiger partial charge >= 0.3 is 0 Å². The second-order valence-corrected chi connectivity index (χ2v) is 8.00. The Labute approximate surface area is 164 Å². The predicted octanol–water partition coefficient (Wildman–Crippen LogP) is 4.76. The second kappa shape index (κ2) is 9.45. The van der Waals surface area contributed by atoms with Gasteiger partial charge in [-0.05, 0) is 50.6 Å². The molecule has 1 unspecified atom stereocenters. The molecule has 0 spiro atoms. The van der Waals surface area contributed by atoms with Crippen molar-refractivity contribution in [2.24, 2.45) is 0 Å². The third-order valence-electron chi connectivity index (χ3n) is 5.08. The van der Waals surface area contributed by atoms with Gasteiger partial charge in [-0.2, -0.15) is 0 Å². The average molecular weight is 415 g/mol. The number of hydrogen-bond donors (Lipinski definition) is 1. The van der Waals surface area contributed by atoms with Crippen LogP contribution in [0.15, 0.2) is 53.0 Å². The second-order valence-electron chi connectivity index (χ2n) is 7.08. The van der Waals surface area contributed by atoms with Gasteiger partial charge in [-0.15, -0.1) is 0 Å². The van der Waals surface area contributed by atoms with E-state index in [0.717, 1.165) is 29.7 Å². The molecule has 26 heavy (non-hydrogen) atoms. The van der Waals surface area contributed by atoms with Crippen molar-refractivity contribution >= 4 is 21.7 Å². The van der Waals surface area contributed by atoms with E-state index in [-0.39, 0.29) is 5.78 Å². The highest BCUT2D eigenvalue weighted by molar-refractivity contribution is 9.10. The fraction of sp³-hybridized carbons (Fsp3) is 0.409. The number of hydrogen-bond acceptors (Lipinski definition) is 3. The van der Waals surface area contributed by atoms with Gasteiger partial charge in [0.1, 0.15) is 0 Å². The van der Waals surface area contributed by atoms with Gasteiger partial charge in [0.05, 0.1) is 6.54 Å². The Morgan fingerprint density at radius 1 is 1.04 bits per heavy atom. The third kappa shape index (κ3) is 5.26. The number of Topliss-reactive ketones (excluding diaryl/α,β-unsaturated/α-hetero) is 1. The first-order valence-corrected chi connectivity index (χ1v) is 10.2. The van der Waals surface area contributed by atoms with Gasteiger partial charge in [-0.1, -0.05) is 64.3 Å². The number of carbonyl (C=O) groups is 1. The molecule has 1 heterocycles. The monoisotopic (exact) mass is 414 g/mol. The number of nitrogens with one attached hydrogen (secondary N) is 1. The summed E-state index contributed by atoms with van der Waals surface area (Å²) in [7, 11) is 0. The predicted molar refractivity (Wildman–Crippen MR) is 111 cm³/mol. The van der Waals surface area contributed by atoms with Crippen LogP contribution < -0.4 is 5.32 Å². The Morgan fingerprint density at radius 2 is 1.69 bits per heavy atom. The molecule has 0 aromatic heterocycles. The molecule has 1 N–H and O–H groups in total. The van der Waals surface area contributed by atoms with E-state index in [1.165, 1.54) is 30.4 Å². The van der Waals surface area contributed by atoms with Crippen molar-refractivity contribution in [2.45, 2.75) is 32.2 Å². The molecule has 0 radical (unpaired) electrons. The number of benzene rings is 2. The van der Waals surface area contributed by atoms with Crippen LogP contribution in [0.25, 0.3) is 0 Å². The summed E-state index contributed by atoms with van der Waals surface area (Å²) in [5.41, 5.74) is 3.37. The van der Waals surface area contributed by atoms with Crippen molar-refractivity contribution < 1.29 is 4.79 Å². The molecule has 0 aliphatic carbocycles. The molecule has 3 nitrogen and oxygen atoms in total. The highest BCUT2D eigenvalue weighted by atomic mass is 79.9. The quantitative estimate of drug-likeness (QED) is 0.662. The van der Waals surface area contributed by atoms with Crippen LogP contribution in [-0.2, 0) is 0 Å². The van der Waals surface area contributed by atoms with Crippen LogP contribution in [0, 0.1) is 6.92 Å². The minimum absolute atomic E-state index is 0.138. The summed E-state index contributed by atoms with van der Waals surface area (Å²) in [6.07, 6.45) is 3.85.